The van der Waals surface area contributed by atoms with E-state index in [1.54, 1.807) is 19.9 Å². The third-order valence-electron chi connectivity index (χ3n) is 4.79. The molecule has 11 heteroatoms. The summed E-state index contributed by atoms with van der Waals surface area (Å²) >= 11 is 0. The second-order valence-corrected chi connectivity index (χ2v) is 8.87. The minimum absolute atomic E-state index is 0.174. The number of aromatic nitrogens is 3. The first-order valence-electron chi connectivity index (χ1n) is 9.44. The van der Waals surface area contributed by atoms with Crippen molar-refractivity contribution in [1.82, 2.24) is 14.5 Å². The largest absolute Gasteiger partial charge is 0.409 e. The van der Waals surface area contributed by atoms with Crippen LogP contribution in [0.3, 0.4) is 0 Å². The molecule has 3 heterocycles. The number of fused-ring (bicyclic) bond motifs is 1. The molecule has 3 aromatic rings. The van der Waals surface area contributed by atoms with Crippen molar-refractivity contribution in [3.63, 3.8) is 0 Å². The van der Waals surface area contributed by atoms with Gasteiger partial charge in [-0.15, -0.1) is 0 Å². The molecule has 3 aromatic heterocycles. The molecule has 0 fully saturated rings. The molecule has 7 nitrogen and oxygen atoms in total. The van der Waals surface area contributed by atoms with Gasteiger partial charge in [0.25, 0.3) is 10.0 Å². The number of rotatable bonds is 6. The third-order valence-corrected chi connectivity index (χ3v) is 6.64. The standard InChI is InChI=1S/C20H20F3N5O2S/c1-4-8-27-18-16(9-13(2)11-26-18)17(10-24)19(27)28(14(3)20(21,22)23)31(29,30)15-6-5-7-25-12-15/h5-7,9,11-12,14H,4,8H2,1-3H3/t14-/m0/s1. The number of alkyl halides is 3. The lowest BCUT2D eigenvalue weighted by Gasteiger charge is -2.32. The summed E-state index contributed by atoms with van der Waals surface area (Å²) in [6.07, 6.45) is -0.589. The summed E-state index contributed by atoms with van der Waals surface area (Å²) in [6.45, 7) is 4.45. The van der Waals surface area contributed by atoms with E-state index >= 15 is 0 Å². The first-order valence-corrected chi connectivity index (χ1v) is 10.9. The molecule has 0 saturated carbocycles. The van der Waals surface area contributed by atoms with Gasteiger partial charge >= 0.3 is 6.18 Å². The molecule has 3 rings (SSSR count). The molecule has 0 aliphatic heterocycles. The predicted octanol–water partition coefficient (Wildman–Crippen LogP) is 4.17. The highest BCUT2D eigenvalue weighted by Crippen LogP contribution is 2.39. The Labute approximate surface area is 177 Å². The summed E-state index contributed by atoms with van der Waals surface area (Å²) in [5, 5.41) is 10.2. The molecule has 0 bridgehead atoms. The smallest absolute Gasteiger partial charge is 0.310 e. The van der Waals surface area contributed by atoms with Gasteiger partial charge in [0.05, 0.1) is 0 Å². The van der Waals surface area contributed by atoms with Crippen molar-refractivity contribution in [3.05, 3.63) is 47.9 Å². The van der Waals surface area contributed by atoms with Crippen LogP contribution in [0.2, 0.25) is 0 Å². The number of nitrogens with zero attached hydrogens (tertiary/aromatic N) is 5. The third kappa shape index (κ3) is 3.95. The van der Waals surface area contributed by atoms with E-state index in [2.05, 4.69) is 9.97 Å². The van der Waals surface area contributed by atoms with Crippen molar-refractivity contribution < 1.29 is 21.6 Å². The van der Waals surface area contributed by atoms with Crippen LogP contribution in [-0.2, 0) is 16.6 Å². The van der Waals surface area contributed by atoms with Gasteiger partial charge in [-0.1, -0.05) is 6.92 Å². The molecule has 1 atom stereocenters. The fourth-order valence-corrected chi connectivity index (χ4v) is 4.97. The predicted molar refractivity (Wildman–Crippen MR) is 109 cm³/mol. The lowest BCUT2D eigenvalue weighted by molar-refractivity contribution is -0.142. The van der Waals surface area contributed by atoms with Gasteiger partial charge in [0.2, 0.25) is 0 Å². The van der Waals surface area contributed by atoms with Gasteiger partial charge in [0.1, 0.15) is 34.0 Å². The summed E-state index contributed by atoms with van der Waals surface area (Å²) in [7, 11) is -4.72. The maximum atomic E-state index is 13.9. The zero-order chi connectivity index (χ0) is 23.0. The van der Waals surface area contributed by atoms with Crippen molar-refractivity contribution in [2.75, 3.05) is 4.31 Å². The fraction of sp³-hybridized carbons (Fsp3) is 0.350. The van der Waals surface area contributed by atoms with Crippen molar-refractivity contribution in [1.29, 1.82) is 5.26 Å². The van der Waals surface area contributed by atoms with E-state index < -0.39 is 27.1 Å². The minimum Gasteiger partial charge on any atom is -0.310 e. The Morgan fingerprint density at radius 3 is 2.58 bits per heavy atom. The van der Waals surface area contributed by atoms with Crippen LogP contribution in [0.1, 0.15) is 31.4 Å². The summed E-state index contributed by atoms with van der Waals surface area (Å²) < 4.78 is 70.1. The lowest BCUT2D eigenvalue weighted by Crippen LogP contribution is -2.48. The maximum Gasteiger partial charge on any atom is 0.409 e. The van der Waals surface area contributed by atoms with Crippen LogP contribution in [0.5, 0.6) is 0 Å². The molecule has 0 unspecified atom stereocenters. The van der Waals surface area contributed by atoms with Gasteiger partial charge in [-0.2, -0.15) is 18.4 Å². The van der Waals surface area contributed by atoms with E-state index in [4.69, 9.17) is 0 Å². The van der Waals surface area contributed by atoms with Crippen LogP contribution in [0.15, 0.2) is 41.7 Å². The van der Waals surface area contributed by atoms with Crippen LogP contribution in [0.4, 0.5) is 19.0 Å². The summed E-state index contributed by atoms with van der Waals surface area (Å²) in [5.74, 6) is -0.355. The molecule has 0 aliphatic rings. The van der Waals surface area contributed by atoms with Crippen LogP contribution in [0.25, 0.3) is 11.0 Å². The zero-order valence-corrected chi connectivity index (χ0v) is 17.9. The van der Waals surface area contributed by atoms with E-state index in [9.17, 15) is 26.9 Å². The van der Waals surface area contributed by atoms with Crippen LogP contribution < -0.4 is 4.31 Å². The lowest BCUT2D eigenvalue weighted by atomic mass is 10.2. The SMILES string of the molecule is CCCn1c(N([C@@H](C)C(F)(F)F)S(=O)(=O)c2cccnc2)c(C#N)c2cc(C)cnc21. The van der Waals surface area contributed by atoms with Crippen molar-refractivity contribution in [2.24, 2.45) is 0 Å². The number of aryl methyl sites for hydroxylation is 2. The molecule has 0 N–H and O–H groups in total. The maximum absolute atomic E-state index is 13.9. The van der Waals surface area contributed by atoms with Crippen LogP contribution in [-0.4, -0.2) is 35.2 Å². The van der Waals surface area contributed by atoms with Gasteiger partial charge in [-0.3, -0.25) is 4.98 Å². The Bertz CT molecular complexity index is 1250. The number of nitriles is 1. The second kappa shape index (κ2) is 8.19. The molecular weight excluding hydrogens is 431 g/mol. The first-order chi connectivity index (χ1) is 14.5. The van der Waals surface area contributed by atoms with Crippen molar-refractivity contribution >= 4 is 26.9 Å². The summed E-state index contributed by atoms with van der Waals surface area (Å²) in [5.41, 5.74) is 0.762. The van der Waals surface area contributed by atoms with Crippen molar-refractivity contribution in [3.8, 4) is 6.07 Å². The van der Waals surface area contributed by atoms with Crippen molar-refractivity contribution in [2.45, 2.75) is 50.9 Å². The van der Waals surface area contributed by atoms with Gasteiger partial charge < -0.3 is 4.57 Å². The normalized spacial score (nSPS) is 13.2. The highest BCUT2D eigenvalue weighted by atomic mass is 32.2. The molecule has 164 valence electrons. The molecule has 0 amide bonds. The van der Waals surface area contributed by atoms with E-state index in [1.807, 2.05) is 6.07 Å². The Morgan fingerprint density at radius 2 is 2.03 bits per heavy atom. The Balaban J connectivity index is 2.45. The molecule has 0 spiro atoms. The number of sulfonamides is 1. The van der Waals surface area contributed by atoms with E-state index in [0.717, 1.165) is 13.1 Å². The monoisotopic (exact) mass is 451 g/mol. The van der Waals surface area contributed by atoms with Crippen LogP contribution >= 0.6 is 0 Å². The summed E-state index contributed by atoms with van der Waals surface area (Å²) in [6, 6.07) is 3.57. The van der Waals surface area contributed by atoms with Crippen LogP contribution in [0, 0.1) is 18.3 Å². The Kier molecular flexibility index (Phi) is 5.96. The second-order valence-electron chi connectivity index (χ2n) is 7.05. The van der Waals surface area contributed by atoms with Gasteiger partial charge in [0.15, 0.2) is 0 Å². The van der Waals surface area contributed by atoms with Gasteiger partial charge in [0, 0.05) is 30.5 Å². The molecule has 0 saturated heterocycles. The Hall–Kier alpha value is -3.13. The zero-order valence-electron chi connectivity index (χ0n) is 17.1. The molecule has 0 radical (unpaired) electrons. The van der Waals surface area contributed by atoms with E-state index in [1.165, 1.54) is 29.1 Å². The molecule has 0 aliphatic carbocycles. The average Bonchev–Trinajstić information content (AvgIpc) is 3.00. The number of pyridine rings is 2. The highest BCUT2D eigenvalue weighted by molar-refractivity contribution is 7.92. The van der Waals surface area contributed by atoms with Gasteiger partial charge in [-0.05, 0) is 44.0 Å². The fourth-order valence-electron chi connectivity index (χ4n) is 3.34. The number of hydrogen-bond donors (Lipinski definition) is 0. The molecule has 31 heavy (non-hydrogen) atoms. The Morgan fingerprint density at radius 1 is 1.32 bits per heavy atom. The number of anilines is 1. The summed E-state index contributed by atoms with van der Waals surface area (Å²) in [4.78, 5) is 7.61. The topological polar surface area (TPSA) is 91.9 Å². The highest BCUT2D eigenvalue weighted by Gasteiger charge is 2.48. The van der Waals surface area contributed by atoms with Gasteiger partial charge in [-0.25, -0.2) is 17.7 Å². The quantitative estimate of drug-likeness (QED) is 0.561. The minimum atomic E-state index is -4.89. The van der Waals surface area contributed by atoms with E-state index in [-0.39, 0.29) is 27.9 Å². The number of hydrogen-bond acceptors (Lipinski definition) is 5. The molecule has 0 aromatic carbocycles. The number of halogens is 3. The van der Waals surface area contributed by atoms with E-state index in [0.29, 0.717) is 17.4 Å². The first kappa shape index (κ1) is 22.6. The average molecular weight is 451 g/mol. The molecular formula is C20H20F3N5O2S.